The Kier molecular flexibility index (Phi) is 4.27. The highest BCUT2D eigenvalue weighted by atomic mass is 16.2. The molecule has 2 rings (SSSR count). The molecule has 1 spiro atoms. The lowest BCUT2D eigenvalue weighted by Gasteiger charge is -2.45. The third kappa shape index (κ3) is 3.09. The SMILES string of the molecule is NC(=O)CC[C@H](N)C(=O)NC1CCC2(CC1)CNC2=O. The minimum Gasteiger partial charge on any atom is -0.370 e. The first-order valence-corrected chi connectivity index (χ1v) is 7.05. The molecule has 1 saturated heterocycles. The lowest BCUT2D eigenvalue weighted by Crippen LogP contribution is -2.61. The molecule has 1 aliphatic carbocycles. The van der Waals surface area contributed by atoms with Gasteiger partial charge in [0.25, 0.3) is 0 Å². The highest BCUT2D eigenvalue weighted by molar-refractivity contribution is 5.88. The average Bonchev–Trinajstić information content (AvgIpc) is 2.43. The summed E-state index contributed by atoms with van der Waals surface area (Å²) in [4.78, 5) is 34.1. The minimum atomic E-state index is -0.703. The molecule has 0 aromatic rings. The maximum absolute atomic E-state index is 11.9. The molecule has 2 aliphatic rings. The zero-order valence-corrected chi connectivity index (χ0v) is 11.5. The number of carbonyl (C=O) groups is 3. The van der Waals surface area contributed by atoms with E-state index in [-0.39, 0.29) is 36.1 Å². The number of β-lactam (4-membered cyclic amide) rings is 1. The van der Waals surface area contributed by atoms with Crippen LogP contribution >= 0.6 is 0 Å². The molecule has 1 saturated carbocycles. The Morgan fingerprint density at radius 1 is 1.40 bits per heavy atom. The summed E-state index contributed by atoms with van der Waals surface area (Å²) in [6.45, 7) is 0.755. The lowest BCUT2D eigenvalue weighted by atomic mass is 9.68. The van der Waals surface area contributed by atoms with Gasteiger partial charge in [-0.15, -0.1) is 0 Å². The molecule has 0 aromatic carbocycles. The second kappa shape index (κ2) is 5.78. The Morgan fingerprint density at radius 2 is 2.05 bits per heavy atom. The number of amides is 3. The summed E-state index contributed by atoms with van der Waals surface area (Å²) >= 11 is 0. The van der Waals surface area contributed by atoms with Gasteiger partial charge in [0.2, 0.25) is 17.7 Å². The van der Waals surface area contributed by atoms with Gasteiger partial charge >= 0.3 is 0 Å². The van der Waals surface area contributed by atoms with Gasteiger partial charge in [0, 0.05) is 19.0 Å². The van der Waals surface area contributed by atoms with E-state index in [1.54, 1.807) is 0 Å². The fourth-order valence-electron chi connectivity index (χ4n) is 2.87. The number of carbonyl (C=O) groups excluding carboxylic acids is 3. The van der Waals surface area contributed by atoms with Gasteiger partial charge in [0.05, 0.1) is 11.5 Å². The fourth-order valence-corrected chi connectivity index (χ4v) is 2.87. The average molecular weight is 282 g/mol. The molecule has 0 unspecified atom stereocenters. The van der Waals surface area contributed by atoms with Crippen molar-refractivity contribution in [3.8, 4) is 0 Å². The van der Waals surface area contributed by atoms with Crippen molar-refractivity contribution in [1.29, 1.82) is 0 Å². The van der Waals surface area contributed by atoms with Gasteiger partial charge in [-0.2, -0.15) is 0 Å². The van der Waals surface area contributed by atoms with E-state index >= 15 is 0 Å². The monoisotopic (exact) mass is 282 g/mol. The van der Waals surface area contributed by atoms with E-state index in [1.165, 1.54) is 0 Å². The summed E-state index contributed by atoms with van der Waals surface area (Å²) in [5, 5.41) is 5.68. The molecule has 7 nitrogen and oxygen atoms in total. The van der Waals surface area contributed by atoms with Crippen molar-refractivity contribution in [2.24, 2.45) is 16.9 Å². The Labute approximate surface area is 117 Å². The molecular formula is C13H22N4O3. The molecule has 0 bridgehead atoms. The van der Waals surface area contributed by atoms with Crippen molar-refractivity contribution < 1.29 is 14.4 Å². The molecule has 0 aromatic heterocycles. The second-order valence-corrected chi connectivity index (χ2v) is 5.86. The topological polar surface area (TPSA) is 127 Å². The van der Waals surface area contributed by atoms with Crippen molar-refractivity contribution in [3.05, 3.63) is 0 Å². The van der Waals surface area contributed by atoms with Gasteiger partial charge in [0.1, 0.15) is 0 Å². The summed E-state index contributed by atoms with van der Waals surface area (Å²) in [5.41, 5.74) is 10.6. The third-order valence-corrected chi connectivity index (χ3v) is 4.40. The first-order chi connectivity index (χ1) is 9.43. The standard InChI is InChI=1S/C13H22N4O3/c14-9(1-2-10(15)18)11(19)17-8-3-5-13(6-4-8)7-16-12(13)20/h8-9H,1-7,14H2,(H2,15,18)(H,16,20)(H,17,19)/t8?,9-,13?/m0/s1. The van der Waals surface area contributed by atoms with Crippen LogP contribution in [0.15, 0.2) is 0 Å². The number of rotatable bonds is 5. The number of nitrogens with one attached hydrogen (secondary N) is 2. The number of primary amides is 1. The van der Waals surface area contributed by atoms with Crippen LogP contribution in [0.25, 0.3) is 0 Å². The van der Waals surface area contributed by atoms with Gasteiger partial charge in [-0.25, -0.2) is 0 Å². The third-order valence-electron chi connectivity index (χ3n) is 4.40. The smallest absolute Gasteiger partial charge is 0.237 e. The van der Waals surface area contributed by atoms with E-state index in [0.717, 1.165) is 32.2 Å². The molecule has 1 aliphatic heterocycles. The number of hydrogen-bond acceptors (Lipinski definition) is 4. The Hall–Kier alpha value is -1.63. The van der Waals surface area contributed by atoms with Crippen LogP contribution in [0, 0.1) is 5.41 Å². The predicted octanol–water partition coefficient (Wildman–Crippen LogP) is -1.25. The van der Waals surface area contributed by atoms with E-state index in [0.29, 0.717) is 0 Å². The highest BCUT2D eigenvalue weighted by Crippen LogP contribution is 2.40. The Bertz CT molecular complexity index is 416. The predicted molar refractivity (Wildman–Crippen MR) is 72.2 cm³/mol. The van der Waals surface area contributed by atoms with Gasteiger partial charge < -0.3 is 22.1 Å². The van der Waals surface area contributed by atoms with Crippen LogP contribution in [0.1, 0.15) is 38.5 Å². The summed E-state index contributed by atoms with van der Waals surface area (Å²) < 4.78 is 0. The van der Waals surface area contributed by atoms with Gasteiger partial charge in [0.15, 0.2) is 0 Å². The lowest BCUT2D eigenvalue weighted by molar-refractivity contribution is -0.143. The van der Waals surface area contributed by atoms with E-state index < -0.39 is 11.9 Å². The number of hydrogen-bond donors (Lipinski definition) is 4. The molecule has 0 radical (unpaired) electrons. The number of nitrogens with two attached hydrogens (primary N) is 2. The molecular weight excluding hydrogens is 260 g/mol. The molecule has 112 valence electrons. The highest BCUT2D eigenvalue weighted by Gasteiger charge is 2.48. The molecule has 20 heavy (non-hydrogen) atoms. The Balaban J connectivity index is 1.73. The summed E-state index contributed by atoms with van der Waals surface area (Å²) in [5.74, 6) is -0.561. The van der Waals surface area contributed by atoms with Crippen LogP contribution in [0.4, 0.5) is 0 Å². The second-order valence-electron chi connectivity index (χ2n) is 5.86. The van der Waals surface area contributed by atoms with Crippen molar-refractivity contribution >= 4 is 17.7 Å². The van der Waals surface area contributed by atoms with E-state index in [4.69, 9.17) is 11.5 Å². The molecule has 2 fully saturated rings. The maximum Gasteiger partial charge on any atom is 0.237 e. The molecule has 7 heteroatoms. The van der Waals surface area contributed by atoms with Gasteiger partial charge in [-0.05, 0) is 32.1 Å². The van der Waals surface area contributed by atoms with Crippen molar-refractivity contribution in [2.75, 3.05) is 6.54 Å². The van der Waals surface area contributed by atoms with E-state index in [1.807, 2.05) is 0 Å². The van der Waals surface area contributed by atoms with Crippen molar-refractivity contribution in [3.63, 3.8) is 0 Å². The van der Waals surface area contributed by atoms with Crippen LogP contribution < -0.4 is 22.1 Å². The Morgan fingerprint density at radius 3 is 2.50 bits per heavy atom. The van der Waals surface area contributed by atoms with Crippen LogP contribution in [0.5, 0.6) is 0 Å². The van der Waals surface area contributed by atoms with Crippen LogP contribution in [0.3, 0.4) is 0 Å². The summed E-state index contributed by atoms with van der Waals surface area (Å²) in [7, 11) is 0. The van der Waals surface area contributed by atoms with Crippen molar-refractivity contribution in [1.82, 2.24) is 10.6 Å². The molecule has 1 heterocycles. The largest absolute Gasteiger partial charge is 0.370 e. The maximum atomic E-state index is 11.9. The quantitative estimate of drug-likeness (QED) is 0.470. The van der Waals surface area contributed by atoms with E-state index in [2.05, 4.69) is 10.6 Å². The van der Waals surface area contributed by atoms with Crippen LogP contribution in [0.2, 0.25) is 0 Å². The summed E-state index contributed by atoms with van der Waals surface area (Å²) in [6.07, 6.45) is 3.58. The van der Waals surface area contributed by atoms with Crippen molar-refractivity contribution in [2.45, 2.75) is 50.6 Å². The zero-order chi connectivity index (χ0) is 14.8. The first kappa shape index (κ1) is 14.8. The zero-order valence-electron chi connectivity index (χ0n) is 11.5. The van der Waals surface area contributed by atoms with E-state index in [9.17, 15) is 14.4 Å². The van der Waals surface area contributed by atoms with Crippen LogP contribution in [-0.4, -0.2) is 36.3 Å². The van der Waals surface area contributed by atoms with Gasteiger partial charge in [-0.3, -0.25) is 14.4 Å². The first-order valence-electron chi connectivity index (χ1n) is 7.05. The molecule has 3 amide bonds. The minimum absolute atomic E-state index is 0.0705. The fraction of sp³-hybridized carbons (Fsp3) is 0.769. The molecule has 6 N–H and O–H groups in total. The molecule has 1 atom stereocenters. The summed E-state index contributed by atoms with van der Waals surface area (Å²) in [6, 6.07) is -0.633. The van der Waals surface area contributed by atoms with Gasteiger partial charge in [-0.1, -0.05) is 0 Å². The normalized spacial score (nSPS) is 30.2. The van der Waals surface area contributed by atoms with Crippen LogP contribution in [-0.2, 0) is 14.4 Å².